The van der Waals surface area contributed by atoms with Gasteiger partial charge in [0.05, 0.1) is 15.7 Å². The lowest BCUT2D eigenvalue weighted by Crippen LogP contribution is -1.96. The van der Waals surface area contributed by atoms with Crippen molar-refractivity contribution in [3.63, 3.8) is 0 Å². The monoisotopic (exact) mass is 222 g/mol. The van der Waals surface area contributed by atoms with Gasteiger partial charge in [0.25, 0.3) is 6.43 Å². The number of nitrogens with two attached hydrogens (primary N) is 1. The number of halogens is 3. The minimum absolute atomic E-state index is 0.0509. The zero-order valence-corrected chi connectivity index (χ0v) is 6.98. The molecule has 2 nitrogen and oxygen atoms in total. The number of aromatic nitrogens is 1. The van der Waals surface area contributed by atoms with Crippen molar-refractivity contribution in [2.24, 2.45) is 0 Å². The molecular formula is C6H5BrF2N2. The number of anilines is 1. The molecule has 2 N–H and O–H groups in total. The summed E-state index contributed by atoms with van der Waals surface area (Å²) in [5.74, 6) is 0. The van der Waals surface area contributed by atoms with Crippen molar-refractivity contribution >= 4 is 21.6 Å². The van der Waals surface area contributed by atoms with Crippen LogP contribution in [0, 0.1) is 0 Å². The number of pyridine rings is 1. The predicted molar refractivity (Wildman–Crippen MR) is 41.3 cm³/mol. The average Bonchev–Trinajstić information content (AvgIpc) is 1.94. The smallest absolute Gasteiger partial charge is 0.267 e. The van der Waals surface area contributed by atoms with E-state index in [0.717, 1.165) is 6.20 Å². The first-order valence-electron chi connectivity index (χ1n) is 2.80. The first-order valence-corrected chi connectivity index (χ1v) is 3.59. The Morgan fingerprint density at radius 1 is 1.45 bits per heavy atom. The van der Waals surface area contributed by atoms with E-state index in [2.05, 4.69) is 20.9 Å². The predicted octanol–water partition coefficient (Wildman–Crippen LogP) is 2.36. The topological polar surface area (TPSA) is 38.9 Å². The van der Waals surface area contributed by atoms with E-state index in [1.54, 1.807) is 0 Å². The van der Waals surface area contributed by atoms with E-state index in [4.69, 9.17) is 5.73 Å². The van der Waals surface area contributed by atoms with Crippen molar-refractivity contribution in [2.75, 3.05) is 5.73 Å². The SMILES string of the molecule is Nc1c(Br)cncc1C(F)F. The van der Waals surface area contributed by atoms with Crippen molar-refractivity contribution < 1.29 is 8.78 Å². The molecule has 0 aliphatic carbocycles. The lowest BCUT2D eigenvalue weighted by molar-refractivity contribution is 0.152. The van der Waals surface area contributed by atoms with Crippen LogP contribution in [-0.2, 0) is 0 Å². The van der Waals surface area contributed by atoms with Gasteiger partial charge in [0, 0.05) is 12.4 Å². The maximum atomic E-state index is 12.1. The molecule has 5 heteroatoms. The van der Waals surface area contributed by atoms with Gasteiger partial charge in [0.2, 0.25) is 0 Å². The van der Waals surface area contributed by atoms with Crippen LogP contribution in [-0.4, -0.2) is 4.98 Å². The molecule has 0 atom stereocenters. The Morgan fingerprint density at radius 3 is 2.55 bits per heavy atom. The Kier molecular flexibility index (Phi) is 2.38. The van der Waals surface area contributed by atoms with E-state index in [1.165, 1.54) is 6.20 Å². The van der Waals surface area contributed by atoms with Gasteiger partial charge in [-0.2, -0.15) is 0 Å². The summed E-state index contributed by atoms with van der Waals surface area (Å²) in [6, 6.07) is 0. The van der Waals surface area contributed by atoms with Crippen LogP contribution in [0.3, 0.4) is 0 Å². The first kappa shape index (κ1) is 8.39. The number of hydrogen-bond donors (Lipinski definition) is 1. The largest absolute Gasteiger partial charge is 0.397 e. The summed E-state index contributed by atoms with van der Waals surface area (Å²) in [6.07, 6.45) is -0.133. The standard InChI is InChI=1S/C6H5BrF2N2/c7-4-2-11-1-3(5(4)10)6(8)9/h1-2,6H,(H2,10,11). The van der Waals surface area contributed by atoms with Crippen LogP contribution in [0.5, 0.6) is 0 Å². The van der Waals surface area contributed by atoms with Crippen LogP contribution < -0.4 is 5.73 Å². The Hall–Kier alpha value is -0.710. The van der Waals surface area contributed by atoms with Gasteiger partial charge in [-0.3, -0.25) is 4.98 Å². The summed E-state index contributed by atoms with van der Waals surface area (Å²) in [4.78, 5) is 3.56. The summed E-state index contributed by atoms with van der Waals surface area (Å²) in [6.45, 7) is 0. The fraction of sp³-hybridized carbons (Fsp3) is 0.167. The first-order chi connectivity index (χ1) is 5.13. The normalized spacial score (nSPS) is 10.5. The summed E-state index contributed by atoms with van der Waals surface area (Å²) < 4.78 is 24.5. The van der Waals surface area contributed by atoms with Gasteiger partial charge in [-0.25, -0.2) is 8.78 Å². The van der Waals surface area contributed by atoms with Crippen molar-refractivity contribution in [1.82, 2.24) is 4.98 Å². The van der Waals surface area contributed by atoms with Gasteiger partial charge in [-0.15, -0.1) is 0 Å². The zero-order valence-electron chi connectivity index (χ0n) is 5.39. The molecule has 0 saturated carbocycles. The van der Waals surface area contributed by atoms with Crippen LogP contribution in [0.25, 0.3) is 0 Å². The fourth-order valence-electron chi connectivity index (χ4n) is 0.634. The van der Waals surface area contributed by atoms with Crippen LogP contribution >= 0.6 is 15.9 Å². The Labute approximate surface area is 70.6 Å². The molecule has 1 aromatic rings. The maximum absolute atomic E-state index is 12.1. The number of alkyl halides is 2. The van der Waals surface area contributed by atoms with Crippen molar-refractivity contribution in [1.29, 1.82) is 0 Å². The molecule has 0 bridgehead atoms. The van der Waals surface area contributed by atoms with Gasteiger partial charge in [-0.1, -0.05) is 0 Å². The molecule has 0 aromatic carbocycles. The molecule has 1 heterocycles. The number of nitrogen functional groups attached to an aromatic ring is 1. The van der Waals surface area contributed by atoms with Gasteiger partial charge in [0.15, 0.2) is 0 Å². The molecule has 11 heavy (non-hydrogen) atoms. The summed E-state index contributed by atoms with van der Waals surface area (Å²) >= 11 is 2.99. The van der Waals surface area contributed by atoms with E-state index >= 15 is 0 Å². The van der Waals surface area contributed by atoms with Crippen LogP contribution in [0.1, 0.15) is 12.0 Å². The highest BCUT2D eigenvalue weighted by atomic mass is 79.9. The number of hydrogen-bond acceptors (Lipinski definition) is 2. The minimum atomic E-state index is -2.57. The highest BCUT2D eigenvalue weighted by molar-refractivity contribution is 9.10. The molecule has 60 valence electrons. The molecule has 1 aromatic heterocycles. The van der Waals surface area contributed by atoms with Gasteiger partial charge >= 0.3 is 0 Å². The molecule has 0 radical (unpaired) electrons. The number of rotatable bonds is 1. The van der Waals surface area contributed by atoms with Crippen LogP contribution in [0.4, 0.5) is 14.5 Å². The fourth-order valence-corrected chi connectivity index (χ4v) is 0.981. The second kappa shape index (κ2) is 3.13. The van der Waals surface area contributed by atoms with E-state index in [-0.39, 0.29) is 11.3 Å². The zero-order chi connectivity index (χ0) is 8.43. The van der Waals surface area contributed by atoms with E-state index < -0.39 is 6.43 Å². The molecule has 0 aliphatic heterocycles. The Bertz CT molecular complexity index is 265. The quantitative estimate of drug-likeness (QED) is 0.793. The average molecular weight is 223 g/mol. The molecule has 0 saturated heterocycles. The molecule has 0 spiro atoms. The van der Waals surface area contributed by atoms with Crippen LogP contribution in [0.2, 0.25) is 0 Å². The Balaban J connectivity index is 3.17. The number of nitrogens with zero attached hydrogens (tertiary/aromatic N) is 1. The van der Waals surface area contributed by atoms with Gasteiger partial charge < -0.3 is 5.73 Å². The minimum Gasteiger partial charge on any atom is -0.397 e. The summed E-state index contributed by atoms with van der Waals surface area (Å²) in [5.41, 5.74) is 5.13. The second-order valence-electron chi connectivity index (χ2n) is 1.92. The van der Waals surface area contributed by atoms with Gasteiger partial charge in [0.1, 0.15) is 0 Å². The highest BCUT2D eigenvalue weighted by Crippen LogP contribution is 2.29. The van der Waals surface area contributed by atoms with Gasteiger partial charge in [-0.05, 0) is 15.9 Å². The van der Waals surface area contributed by atoms with E-state index in [0.29, 0.717) is 4.47 Å². The van der Waals surface area contributed by atoms with Crippen molar-refractivity contribution in [3.8, 4) is 0 Å². The lowest BCUT2D eigenvalue weighted by Gasteiger charge is -2.03. The molecular weight excluding hydrogens is 218 g/mol. The van der Waals surface area contributed by atoms with E-state index in [1.807, 2.05) is 0 Å². The van der Waals surface area contributed by atoms with Crippen molar-refractivity contribution in [3.05, 3.63) is 22.4 Å². The molecule has 0 unspecified atom stereocenters. The van der Waals surface area contributed by atoms with Crippen LogP contribution in [0.15, 0.2) is 16.9 Å². The third kappa shape index (κ3) is 1.65. The van der Waals surface area contributed by atoms with Crippen molar-refractivity contribution in [2.45, 2.75) is 6.43 Å². The molecule has 0 amide bonds. The molecule has 0 fully saturated rings. The lowest BCUT2D eigenvalue weighted by atomic mass is 10.2. The summed E-state index contributed by atoms with van der Waals surface area (Å²) in [7, 11) is 0. The third-order valence-corrected chi connectivity index (χ3v) is 1.84. The highest BCUT2D eigenvalue weighted by Gasteiger charge is 2.12. The third-order valence-electron chi connectivity index (χ3n) is 1.20. The molecule has 0 aliphatic rings. The molecule has 1 rings (SSSR count). The van der Waals surface area contributed by atoms with E-state index in [9.17, 15) is 8.78 Å². The maximum Gasteiger partial charge on any atom is 0.267 e. The Morgan fingerprint density at radius 2 is 2.09 bits per heavy atom. The summed E-state index contributed by atoms with van der Waals surface area (Å²) in [5, 5.41) is 0. The second-order valence-corrected chi connectivity index (χ2v) is 2.78.